The van der Waals surface area contributed by atoms with Crippen LogP contribution in [0.15, 0.2) is 42.5 Å². The zero-order valence-corrected chi connectivity index (χ0v) is 18.5. The van der Waals surface area contributed by atoms with Crippen molar-refractivity contribution in [2.75, 3.05) is 26.3 Å². The molecular weight excluding hydrogens is 422 g/mol. The maximum atomic E-state index is 12.3. The van der Waals surface area contributed by atoms with Gasteiger partial charge in [-0.3, -0.25) is 24.7 Å². The summed E-state index contributed by atoms with van der Waals surface area (Å²) in [5, 5.41) is 13.2. The molecule has 174 valence electrons. The number of rotatable bonds is 6. The molecular formula is C25H29N3O5. The smallest absolute Gasteiger partial charge is 0.244 e. The van der Waals surface area contributed by atoms with E-state index in [0.29, 0.717) is 25.3 Å². The molecule has 0 radical (unpaired) electrons. The van der Waals surface area contributed by atoms with Crippen LogP contribution < -0.4 is 10.1 Å². The molecule has 2 aromatic carbocycles. The lowest BCUT2D eigenvalue weighted by molar-refractivity contribution is -0.141. The fourth-order valence-corrected chi connectivity index (χ4v) is 4.78. The van der Waals surface area contributed by atoms with Crippen molar-refractivity contribution >= 4 is 11.8 Å². The number of morpholine rings is 1. The van der Waals surface area contributed by atoms with Crippen molar-refractivity contribution < 1.29 is 24.2 Å². The highest BCUT2D eigenvalue weighted by molar-refractivity contribution is 6.00. The summed E-state index contributed by atoms with van der Waals surface area (Å²) >= 11 is 0. The Morgan fingerprint density at radius 3 is 2.58 bits per heavy atom. The number of carbonyl (C=O) groups excluding carboxylic acids is 2. The topological polar surface area (TPSA) is 91.3 Å². The molecule has 0 saturated carbocycles. The van der Waals surface area contributed by atoms with Crippen LogP contribution in [0.5, 0.6) is 5.75 Å². The van der Waals surface area contributed by atoms with Gasteiger partial charge in [-0.25, -0.2) is 0 Å². The van der Waals surface area contributed by atoms with Gasteiger partial charge in [-0.1, -0.05) is 36.4 Å². The fourth-order valence-electron chi connectivity index (χ4n) is 4.78. The van der Waals surface area contributed by atoms with Gasteiger partial charge < -0.3 is 14.6 Å². The third-order valence-electron chi connectivity index (χ3n) is 6.64. The molecule has 2 aromatic rings. The summed E-state index contributed by atoms with van der Waals surface area (Å²) in [6.07, 6.45) is -0.212. The van der Waals surface area contributed by atoms with E-state index >= 15 is 0 Å². The molecule has 0 aliphatic carbocycles. The molecule has 2 N–H and O–H groups in total. The van der Waals surface area contributed by atoms with Crippen LogP contribution in [0.3, 0.4) is 0 Å². The molecule has 3 aliphatic heterocycles. The summed E-state index contributed by atoms with van der Waals surface area (Å²) in [4.78, 5) is 27.9. The SMILES string of the molecule is O=C1CC[C@H](N2Cc3c(OCc4ccc(CN5CCOCC5)cc4)cccc3C2O)C(=O)N1. The Hall–Kier alpha value is -2.78. The van der Waals surface area contributed by atoms with Crippen LogP contribution in [0.1, 0.15) is 41.3 Å². The summed E-state index contributed by atoms with van der Waals surface area (Å²) < 4.78 is 11.5. The van der Waals surface area contributed by atoms with Gasteiger partial charge in [-0.15, -0.1) is 0 Å². The van der Waals surface area contributed by atoms with Crippen molar-refractivity contribution in [1.82, 2.24) is 15.1 Å². The van der Waals surface area contributed by atoms with Crippen LogP contribution in [0.4, 0.5) is 0 Å². The Kier molecular flexibility index (Phi) is 6.41. The van der Waals surface area contributed by atoms with Crippen LogP contribution in [0.2, 0.25) is 0 Å². The Balaban J connectivity index is 1.22. The Morgan fingerprint density at radius 2 is 1.82 bits per heavy atom. The fraction of sp³-hybridized carbons (Fsp3) is 0.440. The van der Waals surface area contributed by atoms with Gasteiger partial charge in [0.1, 0.15) is 18.6 Å². The average molecular weight is 452 g/mol. The summed E-state index contributed by atoms with van der Waals surface area (Å²) in [5.74, 6) is 0.0962. The molecule has 1 unspecified atom stereocenters. The van der Waals surface area contributed by atoms with Crippen LogP contribution in [-0.4, -0.2) is 59.1 Å². The summed E-state index contributed by atoms with van der Waals surface area (Å²) in [7, 11) is 0. The molecule has 2 saturated heterocycles. The highest BCUT2D eigenvalue weighted by Gasteiger charge is 2.40. The number of piperidine rings is 1. The molecule has 0 spiro atoms. The van der Waals surface area contributed by atoms with Crippen LogP contribution in [0.25, 0.3) is 0 Å². The van der Waals surface area contributed by atoms with E-state index in [1.807, 2.05) is 18.2 Å². The monoisotopic (exact) mass is 451 g/mol. The molecule has 3 heterocycles. The molecule has 5 rings (SSSR count). The Bertz CT molecular complexity index is 1020. The number of fused-ring (bicyclic) bond motifs is 1. The standard InChI is InChI=1S/C25H29N3O5/c29-23-9-8-21(24(30)26-23)28-15-20-19(25(28)31)2-1-3-22(20)33-16-18-6-4-17(5-7-18)14-27-10-12-32-13-11-27/h1-7,21,25,31H,8-16H2,(H,26,29,30)/t21-,25?/m0/s1. The number of nitrogens with zero attached hydrogens (tertiary/aromatic N) is 2. The van der Waals surface area contributed by atoms with Gasteiger partial charge in [0, 0.05) is 43.7 Å². The normalized spacial score (nSPS) is 23.9. The zero-order chi connectivity index (χ0) is 22.8. The molecule has 0 bridgehead atoms. The first-order valence-electron chi connectivity index (χ1n) is 11.5. The first-order chi connectivity index (χ1) is 16.1. The quantitative estimate of drug-likeness (QED) is 0.646. The van der Waals surface area contributed by atoms with Crippen molar-refractivity contribution in [2.45, 2.75) is 44.8 Å². The summed E-state index contributed by atoms with van der Waals surface area (Å²) in [6.45, 7) is 5.26. The number of carbonyl (C=O) groups is 2. The van der Waals surface area contributed by atoms with Gasteiger partial charge in [-0.05, 0) is 23.6 Å². The van der Waals surface area contributed by atoms with Crippen molar-refractivity contribution in [3.8, 4) is 5.75 Å². The summed E-state index contributed by atoms with van der Waals surface area (Å²) in [6, 6.07) is 13.5. The third kappa shape index (κ3) is 4.79. The zero-order valence-electron chi connectivity index (χ0n) is 18.5. The van der Waals surface area contributed by atoms with Crippen LogP contribution in [0, 0.1) is 0 Å². The minimum absolute atomic E-state index is 0.262. The average Bonchev–Trinajstić information content (AvgIpc) is 3.16. The predicted octanol–water partition coefficient (Wildman–Crippen LogP) is 1.71. The third-order valence-corrected chi connectivity index (χ3v) is 6.64. The number of benzene rings is 2. The number of imide groups is 1. The molecule has 8 nitrogen and oxygen atoms in total. The second-order valence-electron chi connectivity index (χ2n) is 8.83. The van der Waals surface area contributed by atoms with E-state index in [9.17, 15) is 14.7 Å². The maximum absolute atomic E-state index is 12.3. The van der Waals surface area contributed by atoms with E-state index in [1.165, 1.54) is 5.56 Å². The minimum atomic E-state index is -0.896. The molecule has 0 aromatic heterocycles. The molecule has 3 aliphatic rings. The van der Waals surface area contributed by atoms with E-state index in [-0.39, 0.29) is 18.2 Å². The number of aliphatic hydroxyl groups excluding tert-OH is 1. The van der Waals surface area contributed by atoms with Gasteiger partial charge in [0.15, 0.2) is 0 Å². The van der Waals surface area contributed by atoms with E-state index in [1.54, 1.807) is 4.90 Å². The lowest BCUT2D eigenvalue weighted by Gasteiger charge is -2.31. The van der Waals surface area contributed by atoms with E-state index in [0.717, 1.165) is 49.5 Å². The molecule has 8 heteroatoms. The second kappa shape index (κ2) is 9.61. The maximum Gasteiger partial charge on any atom is 0.244 e. The largest absolute Gasteiger partial charge is 0.489 e. The second-order valence-corrected chi connectivity index (χ2v) is 8.83. The van der Waals surface area contributed by atoms with Crippen LogP contribution >= 0.6 is 0 Å². The Morgan fingerprint density at radius 1 is 1.06 bits per heavy atom. The van der Waals surface area contributed by atoms with E-state index < -0.39 is 12.3 Å². The lowest BCUT2D eigenvalue weighted by Crippen LogP contribution is -2.51. The van der Waals surface area contributed by atoms with Crippen molar-refractivity contribution in [2.24, 2.45) is 0 Å². The number of hydrogen-bond donors (Lipinski definition) is 2. The van der Waals surface area contributed by atoms with Gasteiger partial charge in [0.05, 0.1) is 19.3 Å². The molecule has 2 fully saturated rings. The van der Waals surface area contributed by atoms with E-state index in [2.05, 4.69) is 34.5 Å². The van der Waals surface area contributed by atoms with Gasteiger partial charge in [0.2, 0.25) is 11.8 Å². The number of hydrogen-bond acceptors (Lipinski definition) is 7. The van der Waals surface area contributed by atoms with Crippen molar-refractivity contribution in [3.63, 3.8) is 0 Å². The number of aliphatic hydroxyl groups is 1. The summed E-state index contributed by atoms with van der Waals surface area (Å²) in [5.41, 5.74) is 3.97. The Labute approximate surface area is 193 Å². The number of ether oxygens (including phenoxy) is 2. The molecule has 33 heavy (non-hydrogen) atoms. The van der Waals surface area contributed by atoms with Gasteiger partial charge in [-0.2, -0.15) is 0 Å². The van der Waals surface area contributed by atoms with Crippen molar-refractivity contribution in [1.29, 1.82) is 0 Å². The van der Waals surface area contributed by atoms with Gasteiger partial charge in [0.25, 0.3) is 0 Å². The van der Waals surface area contributed by atoms with E-state index in [4.69, 9.17) is 9.47 Å². The molecule has 2 amide bonds. The van der Waals surface area contributed by atoms with Crippen molar-refractivity contribution in [3.05, 3.63) is 64.7 Å². The lowest BCUT2D eigenvalue weighted by atomic mass is 10.0. The number of nitrogens with one attached hydrogen (secondary N) is 1. The predicted molar refractivity (Wildman–Crippen MR) is 120 cm³/mol. The number of amides is 2. The minimum Gasteiger partial charge on any atom is -0.489 e. The first kappa shape index (κ1) is 22.0. The van der Waals surface area contributed by atoms with Gasteiger partial charge >= 0.3 is 0 Å². The highest BCUT2D eigenvalue weighted by atomic mass is 16.5. The highest BCUT2D eigenvalue weighted by Crippen LogP contribution is 2.39. The van der Waals surface area contributed by atoms with Crippen LogP contribution in [-0.2, 0) is 34.0 Å². The first-order valence-corrected chi connectivity index (χ1v) is 11.5. The molecule has 2 atom stereocenters.